The van der Waals surface area contributed by atoms with Crippen molar-refractivity contribution in [1.82, 2.24) is 9.55 Å². The molecule has 4 rings (SSSR count). The molecule has 8 heteroatoms. The van der Waals surface area contributed by atoms with Crippen molar-refractivity contribution in [3.63, 3.8) is 0 Å². The molecule has 38 heavy (non-hydrogen) atoms. The summed E-state index contributed by atoms with van der Waals surface area (Å²) in [5.41, 5.74) is 2.37. The Kier molecular flexibility index (Phi) is 8.92. The number of benzene rings is 2. The predicted molar refractivity (Wildman–Crippen MR) is 148 cm³/mol. The molecule has 2 atom stereocenters. The number of carbonyl (C=O) groups excluding carboxylic acids is 2. The average Bonchev–Trinajstić information content (AvgIpc) is 3.28. The highest BCUT2D eigenvalue weighted by Gasteiger charge is 2.47. The number of ether oxygens (including phenoxy) is 3. The van der Waals surface area contributed by atoms with Crippen LogP contribution in [0.5, 0.6) is 11.5 Å². The lowest BCUT2D eigenvalue weighted by Gasteiger charge is -2.38. The SMILES string of the molecule is CCCCCN1C(=O)C(C(=O)OCC)C(c2ccc(OCCC(C)C)c(OC)c2)n2c1nc1ccccc12. The molecule has 0 fully saturated rings. The second-order valence-electron chi connectivity index (χ2n) is 10.1. The maximum absolute atomic E-state index is 14.0. The van der Waals surface area contributed by atoms with Gasteiger partial charge in [-0.1, -0.05) is 51.8 Å². The van der Waals surface area contributed by atoms with E-state index in [1.54, 1.807) is 18.9 Å². The number of esters is 1. The normalized spacial score (nSPS) is 17.1. The minimum Gasteiger partial charge on any atom is -0.493 e. The number of unbranched alkanes of at least 4 members (excludes halogenated alkanes) is 2. The molecule has 0 aliphatic carbocycles. The van der Waals surface area contributed by atoms with Gasteiger partial charge in [0.05, 0.1) is 37.4 Å². The van der Waals surface area contributed by atoms with Crippen molar-refractivity contribution in [3.8, 4) is 11.5 Å². The van der Waals surface area contributed by atoms with Crippen LogP contribution in [0.1, 0.15) is 65.0 Å². The number of hydrogen-bond donors (Lipinski definition) is 0. The average molecular weight is 522 g/mol. The molecule has 204 valence electrons. The maximum atomic E-state index is 14.0. The van der Waals surface area contributed by atoms with Crippen LogP contribution >= 0.6 is 0 Å². The summed E-state index contributed by atoms with van der Waals surface area (Å²) in [5, 5.41) is 0. The van der Waals surface area contributed by atoms with Crippen LogP contribution < -0.4 is 14.4 Å². The van der Waals surface area contributed by atoms with E-state index in [1.807, 2.05) is 47.0 Å². The highest BCUT2D eigenvalue weighted by molar-refractivity contribution is 6.08. The number of nitrogens with zero attached hydrogens (tertiary/aromatic N) is 3. The standard InChI is InChI=1S/C30H39N3O5/c1-6-8-11-17-32-28(34)26(29(35)37-7-2)27(33-23-13-10-9-12-22(23)31-30(32)33)21-14-15-24(25(19-21)36-5)38-18-16-20(3)4/h9-10,12-15,19-20,26-27H,6-8,11,16-18H2,1-5H3. The van der Waals surface area contributed by atoms with Crippen molar-refractivity contribution in [1.29, 1.82) is 0 Å². The fraction of sp³-hybridized carbons (Fsp3) is 0.500. The number of amides is 1. The van der Waals surface area contributed by atoms with Gasteiger partial charge in [0, 0.05) is 6.54 Å². The molecule has 0 spiro atoms. The lowest BCUT2D eigenvalue weighted by Crippen LogP contribution is -2.50. The lowest BCUT2D eigenvalue weighted by atomic mass is 9.89. The molecule has 1 aliphatic heterocycles. The Morgan fingerprint density at radius 3 is 2.58 bits per heavy atom. The smallest absolute Gasteiger partial charge is 0.321 e. The van der Waals surface area contributed by atoms with Gasteiger partial charge in [0.15, 0.2) is 17.4 Å². The van der Waals surface area contributed by atoms with Crippen LogP contribution in [0.25, 0.3) is 11.0 Å². The summed E-state index contributed by atoms with van der Waals surface area (Å²) in [6.07, 6.45) is 3.74. The molecule has 8 nitrogen and oxygen atoms in total. The monoisotopic (exact) mass is 521 g/mol. The zero-order valence-electron chi connectivity index (χ0n) is 23.1. The molecule has 0 bridgehead atoms. The van der Waals surface area contributed by atoms with Gasteiger partial charge < -0.3 is 18.8 Å². The quantitative estimate of drug-likeness (QED) is 0.171. The molecular formula is C30H39N3O5. The maximum Gasteiger partial charge on any atom is 0.321 e. The fourth-order valence-electron chi connectivity index (χ4n) is 4.97. The van der Waals surface area contributed by atoms with E-state index < -0.39 is 17.9 Å². The Bertz CT molecular complexity index is 1270. The van der Waals surface area contributed by atoms with E-state index in [0.29, 0.717) is 36.5 Å². The summed E-state index contributed by atoms with van der Waals surface area (Å²) in [6, 6.07) is 12.7. The van der Waals surface area contributed by atoms with Gasteiger partial charge in [0.25, 0.3) is 0 Å². The highest BCUT2D eigenvalue weighted by atomic mass is 16.5. The zero-order valence-corrected chi connectivity index (χ0v) is 23.1. The molecule has 3 aromatic rings. The van der Waals surface area contributed by atoms with Crippen LogP contribution in [0.3, 0.4) is 0 Å². The van der Waals surface area contributed by atoms with E-state index in [1.165, 1.54) is 0 Å². The molecule has 1 amide bonds. The first-order valence-corrected chi connectivity index (χ1v) is 13.7. The first kappa shape index (κ1) is 27.5. The van der Waals surface area contributed by atoms with E-state index in [4.69, 9.17) is 19.2 Å². The third-order valence-corrected chi connectivity index (χ3v) is 6.95. The van der Waals surface area contributed by atoms with Crippen LogP contribution in [-0.2, 0) is 14.3 Å². The molecule has 2 heterocycles. The molecule has 0 radical (unpaired) electrons. The van der Waals surface area contributed by atoms with E-state index in [9.17, 15) is 9.59 Å². The molecule has 1 aromatic heterocycles. The molecular weight excluding hydrogens is 482 g/mol. The van der Waals surface area contributed by atoms with E-state index >= 15 is 0 Å². The molecule has 0 saturated carbocycles. The van der Waals surface area contributed by atoms with Gasteiger partial charge in [-0.2, -0.15) is 0 Å². The van der Waals surface area contributed by atoms with E-state index in [-0.39, 0.29) is 12.5 Å². The van der Waals surface area contributed by atoms with E-state index in [2.05, 4.69) is 20.8 Å². The van der Waals surface area contributed by atoms with E-state index in [0.717, 1.165) is 42.3 Å². The molecule has 1 aliphatic rings. The first-order valence-electron chi connectivity index (χ1n) is 13.7. The van der Waals surface area contributed by atoms with Crippen molar-refractivity contribution in [2.24, 2.45) is 11.8 Å². The number of hydrogen-bond acceptors (Lipinski definition) is 6. The van der Waals surface area contributed by atoms with Gasteiger partial charge in [-0.15, -0.1) is 0 Å². The van der Waals surface area contributed by atoms with Gasteiger partial charge in [0.1, 0.15) is 0 Å². The Morgan fingerprint density at radius 2 is 1.87 bits per heavy atom. The van der Waals surface area contributed by atoms with Crippen LogP contribution in [0.15, 0.2) is 42.5 Å². The summed E-state index contributed by atoms with van der Waals surface area (Å²) < 4.78 is 19.2. The largest absolute Gasteiger partial charge is 0.493 e. The van der Waals surface area contributed by atoms with Crippen molar-refractivity contribution >= 4 is 28.9 Å². The van der Waals surface area contributed by atoms with Crippen molar-refractivity contribution in [3.05, 3.63) is 48.0 Å². The first-order chi connectivity index (χ1) is 18.4. The summed E-state index contributed by atoms with van der Waals surface area (Å²) in [4.78, 5) is 33.9. The van der Waals surface area contributed by atoms with Crippen LogP contribution in [0, 0.1) is 11.8 Å². The second-order valence-corrected chi connectivity index (χ2v) is 10.1. The number of methoxy groups -OCH3 is 1. The predicted octanol–water partition coefficient (Wildman–Crippen LogP) is 5.78. The number of rotatable bonds is 12. The number of imidazole rings is 1. The number of fused-ring (bicyclic) bond motifs is 3. The number of para-hydroxylation sites is 2. The van der Waals surface area contributed by atoms with Crippen molar-refractivity contribution in [2.75, 3.05) is 31.8 Å². The molecule has 0 N–H and O–H groups in total. The van der Waals surface area contributed by atoms with Gasteiger partial charge >= 0.3 is 5.97 Å². The Balaban J connectivity index is 1.85. The minimum atomic E-state index is -1.06. The topological polar surface area (TPSA) is 82.9 Å². The minimum absolute atomic E-state index is 0.189. The zero-order chi connectivity index (χ0) is 27.2. The Morgan fingerprint density at radius 1 is 1.08 bits per heavy atom. The summed E-state index contributed by atoms with van der Waals surface area (Å²) in [7, 11) is 1.59. The van der Waals surface area contributed by atoms with Crippen molar-refractivity contribution < 1.29 is 23.8 Å². The number of aromatic nitrogens is 2. The highest BCUT2D eigenvalue weighted by Crippen LogP contribution is 2.43. The third-order valence-electron chi connectivity index (χ3n) is 6.95. The number of carbonyl (C=O) groups is 2. The van der Waals surface area contributed by atoms with Crippen LogP contribution in [0.4, 0.5) is 5.95 Å². The Labute approximate surface area is 224 Å². The lowest BCUT2D eigenvalue weighted by molar-refractivity contribution is -0.153. The summed E-state index contributed by atoms with van der Waals surface area (Å²) in [5.74, 6) is 0.368. The Hall–Kier alpha value is -3.55. The fourth-order valence-corrected chi connectivity index (χ4v) is 4.97. The van der Waals surface area contributed by atoms with Gasteiger partial charge in [-0.3, -0.25) is 14.5 Å². The van der Waals surface area contributed by atoms with Gasteiger partial charge in [-0.25, -0.2) is 4.98 Å². The van der Waals surface area contributed by atoms with Gasteiger partial charge in [-0.05, 0) is 55.5 Å². The molecule has 0 saturated heterocycles. The second kappa shape index (κ2) is 12.3. The van der Waals surface area contributed by atoms with Crippen molar-refractivity contribution in [2.45, 2.75) is 59.4 Å². The molecule has 2 aromatic carbocycles. The summed E-state index contributed by atoms with van der Waals surface area (Å²) in [6.45, 7) is 9.43. The number of anilines is 1. The summed E-state index contributed by atoms with van der Waals surface area (Å²) >= 11 is 0. The van der Waals surface area contributed by atoms with Crippen LogP contribution in [-0.4, -0.2) is 48.3 Å². The van der Waals surface area contributed by atoms with Gasteiger partial charge in [0.2, 0.25) is 11.9 Å². The van der Waals surface area contributed by atoms with Crippen LogP contribution in [0.2, 0.25) is 0 Å². The molecule has 2 unspecified atom stereocenters. The third kappa shape index (κ3) is 5.49.